The van der Waals surface area contributed by atoms with E-state index >= 15 is 4.39 Å². The number of oxime groups is 1. The number of nitrogens with one attached hydrogen (secondary N) is 1. The van der Waals surface area contributed by atoms with Gasteiger partial charge in [-0.1, -0.05) is 53.7 Å². The van der Waals surface area contributed by atoms with Crippen LogP contribution in [0.3, 0.4) is 0 Å². The van der Waals surface area contributed by atoms with Crippen molar-refractivity contribution in [1.29, 1.82) is 0 Å². The van der Waals surface area contributed by atoms with Crippen LogP contribution in [0.1, 0.15) is 11.1 Å². The first-order valence-electron chi connectivity index (χ1n) is 10.7. The number of nitrogens with zero attached hydrogens (tertiary/aromatic N) is 3. The van der Waals surface area contributed by atoms with E-state index in [9.17, 15) is 13.2 Å². The van der Waals surface area contributed by atoms with Crippen LogP contribution < -0.4 is 16.2 Å². The van der Waals surface area contributed by atoms with Gasteiger partial charge in [0.15, 0.2) is 5.84 Å². The molecular formula is C25H21FN6O4S. The van der Waals surface area contributed by atoms with E-state index in [1.807, 2.05) is 0 Å². The largest absolute Gasteiger partial charge is 0.409 e. The second-order valence-corrected chi connectivity index (χ2v) is 9.28. The van der Waals surface area contributed by atoms with E-state index in [1.165, 1.54) is 41.3 Å². The average molecular weight is 521 g/mol. The van der Waals surface area contributed by atoms with Gasteiger partial charge >= 0.3 is 0 Å². The maximum absolute atomic E-state index is 15.6. The van der Waals surface area contributed by atoms with Gasteiger partial charge in [0.1, 0.15) is 5.70 Å². The van der Waals surface area contributed by atoms with Gasteiger partial charge in [0, 0.05) is 34.8 Å². The van der Waals surface area contributed by atoms with Crippen molar-refractivity contribution in [3.05, 3.63) is 108 Å². The van der Waals surface area contributed by atoms with Gasteiger partial charge in [0.25, 0.3) is 5.91 Å². The fourth-order valence-corrected chi connectivity index (χ4v) is 4.38. The molecule has 0 radical (unpaired) electrons. The Labute approximate surface area is 211 Å². The van der Waals surface area contributed by atoms with Crippen LogP contribution in [-0.2, 0) is 14.8 Å². The number of halogens is 1. The Kier molecular flexibility index (Phi) is 7.13. The molecule has 1 aromatic heterocycles. The maximum atomic E-state index is 15.6. The second kappa shape index (κ2) is 10.4. The number of anilines is 1. The average Bonchev–Trinajstić information content (AvgIpc) is 3.43. The van der Waals surface area contributed by atoms with Crippen LogP contribution in [0.2, 0.25) is 0 Å². The first-order chi connectivity index (χ1) is 17.7. The monoisotopic (exact) mass is 520 g/mol. The summed E-state index contributed by atoms with van der Waals surface area (Å²) >= 11 is 0. The molecule has 1 heterocycles. The molecule has 0 saturated carbocycles. The van der Waals surface area contributed by atoms with Crippen LogP contribution in [-0.4, -0.2) is 35.1 Å². The highest BCUT2D eigenvalue weighted by molar-refractivity contribution is 7.89. The van der Waals surface area contributed by atoms with Gasteiger partial charge in [0.05, 0.1) is 4.90 Å². The molecule has 37 heavy (non-hydrogen) atoms. The number of amides is 1. The van der Waals surface area contributed by atoms with Crippen molar-refractivity contribution in [1.82, 2.24) is 9.78 Å². The molecule has 0 aliphatic carbocycles. The number of benzene rings is 3. The maximum Gasteiger partial charge on any atom is 0.286 e. The lowest BCUT2D eigenvalue weighted by Gasteiger charge is -2.13. The molecule has 4 rings (SSSR count). The van der Waals surface area contributed by atoms with Crippen LogP contribution in [0.15, 0.2) is 107 Å². The number of carbonyl (C=O) groups is 1. The van der Waals surface area contributed by atoms with Crippen LogP contribution in [0, 0.1) is 0 Å². The third-order valence-electron chi connectivity index (χ3n) is 5.33. The molecule has 6 N–H and O–H groups in total. The number of sulfonamides is 1. The van der Waals surface area contributed by atoms with Crippen molar-refractivity contribution in [3.63, 3.8) is 0 Å². The lowest BCUT2D eigenvalue weighted by atomic mass is 10.1. The number of aromatic nitrogens is 2. The quantitative estimate of drug-likeness (QED) is 0.0961. The van der Waals surface area contributed by atoms with E-state index in [2.05, 4.69) is 15.6 Å². The third-order valence-corrected chi connectivity index (χ3v) is 6.30. The van der Waals surface area contributed by atoms with Gasteiger partial charge in [-0.25, -0.2) is 18.2 Å². The van der Waals surface area contributed by atoms with E-state index in [0.717, 1.165) is 0 Å². The zero-order valence-corrected chi connectivity index (χ0v) is 19.9. The van der Waals surface area contributed by atoms with Crippen molar-refractivity contribution < 1.29 is 22.8 Å². The van der Waals surface area contributed by atoms with Crippen molar-refractivity contribution in [3.8, 4) is 11.1 Å². The zero-order chi connectivity index (χ0) is 26.6. The minimum atomic E-state index is -3.95. The number of rotatable bonds is 7. The summed E-state index contributed by atoms with van der Waals surface area (Å²) in [4.78, 5) is 12.8. The molecule has 1 amide bonds. The molecule has 0 fully saturated rings. The number of amidine groups is 1. The number of nitrogens with two attached hydrogens (primary N) is 2. The Morgan fingerprint density at radius 3 is 2.35 bits per heavy atom. The fourth-order valence-electron chi connectivity index (χ4n) is 3.62. The van der Waals surface area contributed by atoms with Gasteiger partial charge in [-0.15, -0.1) is 0 Å². The summed E-state index contributed by atoms with van der Waals surface area (Å²) in [7, 11) is -3.95. The Morgan fingerprint density at radius 2 is 1.70 bits per heavy atom. The highest BCUT2D eigenvalue weighted by atomic mass is 32.2. The molecular weight excluding hydrogens is 499 g/mol. The molecule has 0 spiro atoms. The summed E-state index contributed by atoms with van der Waals surface area (Å²) < 4.78 is 40.6. The summed E-state index contributed by atoms with van der Waals surface area (Å²) in [6, 6.07) is 20.1. The first-order valence-corrected chi connectivity index (χ1v) is 12.3. The van der Waals surface area contributed by atoms with Gasteiger partial charge in [-0.05, 0) is 35.9 Å². The summed E-state index contributed by atoms with van der Waals surface area (Å²) in [6.07, 6.45) is 2.90. The summed E-state index contributed by atoms with van der Waals surface area (Å²) in [5.74, 6) is -2.36. The molecule has 0 aliphatic heterocycles. The van der Waals surface area contributed by atoms with Gasteiger partial charge in [-0.2, -0.15) is 9.49 Å². The summed E-state index contributed by atoms with van der Waals surface area (Å²) in [5.41, 5.74) is 7.26. The van der Waals surface area contributed by atoms with Crippen molar-refractivity contribution >= 4 is 33.2 Å². The normalized spacial score (nSPS) is 12.6. The third kappa shape index (κ3) is 5.55. The molecule has 4 aromatic rings. The van der Waals surface area contributed by atoms with Crippen molar-refractivity contribution in [2.24, 2.45) is 16.0 Å². The second-order valence-electron chi connectivity index (χ2n) is 7.75. The SMILES string of the molecule is N/C(=N/O)c1cccc(/C(=C(/F)C(=O)Nc2ccc(-c3ccccc3S(N)(=O)=O)cc2)n2cccn2)c1. The highest BCUT2D eigenvalue weighted by Crippen LogP contribution is 2.28. The summed E-state index contributed by atoms with van der Waals surface area (Å²) in [5, 5.41) is 23.7. The van der Waals surface area contributed by atoms with E-state index in [-0.39, 0.29) is 27.7 Å². The Balaban J connectivity index is 1.67. The van der Waals surface area contributed by atoms with E-state index in [4.69, 9.17) is 16.1 Å². The first kappa shape index (κ1) is 25.3. The van der Waals surface area contributed by atoms with E-state index in [0.29, 0.717) is 16.7 Å². The Morgan fingerprint density at radius 1 is 1.00 bits per heavy atom. The van der Waals surface area contributed by atoms with Crippen LogP contribution in [0.5, 0.6) is 0 Å². The smallest absolute Gasteiger partial charge is 0.286 e. The minimum Gasteiger partial charge on any atom is -0.409 e. The molecule has 0 saturated heterocycles. The number of hydrogen-bond acceptors (Lipinski definition) is 6. The van der Waals surface area contributed by atoms with Crippen LogP contribution in [0.25, 0.3) is 16.8 Å². The highest BCUT2D eigenvalue weighted by Gasteiger charge is 2.21. The fraction of sp³-hybridized carbons (Fsp3) is 0. The predicted octanol–water partition coefficient (Wildman–Crippen LogP) is 3.12. The number of hydrogen-bond donors (Lipinski definition) is 4. The lowest BCUT2D eigenvalue weighted by Crippen LogP contribution is -2.17. The molecule has 0 bridgehead atoms. The summed E-state index contributed by atoms with van der Waals surface area (Å²) in [6.45, 7) is 0. The molecule has 0 aliphatic rings. The van der Waals surface area contributed by atoms with Gasteiger partial charge in [-0.3, -0.25) is 4.79 Å². The molecule has 0 unspecified atom stereocenters. The van der Waals surface area contributed by atoms with Crippen molar-refractivity contribution in [2.45, 2.75) is 4.90 Å². The standard InChI is InChI=1S/C25H21FN6O4S/c26-22(23(32-14-4-13-29-32)17-5-3-6-18(15-17)24(27)31-34)25(33)30-19-11-9-16(10-12-19)20-7-1-2-8-21(20)37(28,35)36/h1-15,34H,(H2,27,31)(H,30,33)(H2,28,35,36)/b23-22-. The minimum absolute atomic E-state index is 0.0428. The lowest BCUT2D eigenvalue weighted by molar-refractivity contribution is -0.114. The van der Waals surface area contributed by atoms with Crippen LogP contribution >= 0.6 is 0 Å². The molecule has 10 nitrogen and oxygen atoms in total. The number of primary sulfonamides is 1. The van der Waals surface area contributed by atoms with Gasteiger partial charge < -0.3 is 16.3 Å². The Bertz CT molecular complexity index is 1620. The molecule has 0 atom stereocenters. The van der Waals surface area contributed by atoms with E-state index < -0.39 is 21.8 Å². The molecule has 188 valence electrons. The predicted molar refractivity (Wildman–Crippen MR) is 136 cm³/mol. The zero-order valence-electron chi connectivity index (χ0n) is 19.1. The number of carbonyl (C=O) groups excluding carboxylic acids is 1. The Hall–Kier alpha value is -4.81. The van der Waals surface area contributed by atoms with E-state index in [1.54, 1.807) is 54.6 Å². The topological polar surface area (TPSA) is 166 Å². The molecule has 3 aromatic carbocycles. The van der Waals surface area contributed by atoms with Gasteiger partial charge in [0.2, 0.25) is 15.9 Å². The molecule has 12 heteroatoms. The van der Waals surface area contributed by atoms with Crippen molar-refractivity contribution in [2.75, 3.05) is 5.32 Å². The van der Waals surface area contributed by atoms with Crippen LogP contribution in [0.4, 0.5) is 10.1 Å².